The molecule has 0 unspecified atom stereocenters. The molecule has 1 aromatic rings. The quantitative estimate of drug-likeness (QED) is 0.796. The predicted molar refractivity (Wildman–Crippen MR) is 87.5 cm³/mol. The van der Waals surface area contributed by atoms with E-state index in [9.17, 15) is 9.18 Å². The van der Waals surface area contributed by atoms with Gasteiger partial charge in [-0.1, -0.05) is 29.8 Å². The summed E-state index contributed by atoms with van der Waals surface area (Å²) in [5.41, 5.74) is 0. The molecule has 0 N–H and O–H groups in total. The van der Waals surface area contributed by atoms with E-state index in [4.69, 9.17) is 4.74 Å². The highest BCUT2D eigenvalue weighted by molar-refractivity contribution is 9.10. The van der Waals surface area contributed by atoms with Crippen LogP contribution in [0.2, 0.25) is 0 Å². The summed E-state index contributed by atoms with van der Waals surface area (Å²) in [7, 11) is 0. The molecule has 1 amide bonds. The maximum absolute atomic E-state index is 13.6. The Labute approximate surface area is 139 Å². The van der Waals surface area contributed by atoms with Gasteiger partial charge in [0.05, 0.1) is 0 Å². The second kappa shape index (κ2) is 7.92. The van der Waals surface area contributed by atoms with Crippen molar-refractivity contribution in [1.82, 2.24) is 9.80 Å². The van der Waals surface area contributed by atoms with Gasteiger partial charge in [0.15, 0.2) is 18.2 Å². The lowest BCUT2D eigenvalue weighted by atomic mass is 10.2. The van der Waals surface area contributed by atoms with Crippen LogP contribution in [-0.2, 0) is 4.79 Å². The van der Waals surface area contributed by atoms with Gasteiger partial charge in [0.25, 0.3) is 5.91 Å². The molecule has 22 heavy (non-hydrogen) atoms. The summed E-state index contributed by atoms with van der Waals surface area (Å²) in [4.78, 5) is 16.3. The average molecular weight is 373 g/mol. The molecule has 0 aromatic heterocycles. The van der Waals surface area contributed by atoms with Crippen LogP contribution in [0, 0.1) is 11.7 Å². The van der Waals surface area contributed by atoms with E-state index in [1.807, 2.05) is 0 Å². The van der Waals surface area contributed by atoms with Gasteiger partial charge in [-0.2, -0.15) is 0 Å². The van der Waals surface area contributed by atoms with Gasteiger partial charge >= 0.3 is 0 Å². The monoisotopic (exact) mass is 372 g/mol. The van der Waals surface area contributed by atoms with Gasteiger partial charge in [-0.25, -0.2) is 4.39 Å². The Bertz CT molecular complexity index is 517. The van der Waals surface area contributed by atoms with Gasteiger partial charge in [-0.3, -0.25) is 9.69 Å². The number of ether oxygens (including phenoxy) is 1. The Balaban J connectivity index is 1.79. The standard InChI is InChI=1S/C16H22BrFN2O2/c1-12(2)10-19-5-7-20(8-6-19)16(21)11-22-15-4-3-13(17)9-14(15)18/h3-4,9,12H,5-8,10-11H2,1-2H3. The lowest BCUT2D eigenvalue weighted by molar-refractivity contribution is -0.135. The van der Waals surface area contributed by atoms with Gasteiger partial charge < -0.3 is 9.64 Å². The number of carbonyl (C=O) groups excluding carboxylic acids is 1. The number of benzene rings is 1. The molecular weight excluding hydrogens is 351 g/mol. The van der Waals surface area contributed by atoms with Crippen molar-refractivity contribution in [2.75, 3.05) is 39.3 Å². The van der Waals surface area contributed by atoms with E-state index in [1.165, 1.54) is 12.1 Å². The van der Waals surface area contributed by atoms with Crippen molar-refractivity contribution in [3.63, 3.8) is 0 Å². The lowest BCUT2D eigenvalue weighted by Crippen LogP contribution is -2.50. The highest BCUT2D eigenvalue weighted by atomic mass is 79.9. The predicted octanol–water partition coefficient (Wildman–Crippen LogP) is 2.77. The van der Waals surface area contributed by atoms with E-state index in [0.29, 0.717) is 23.5 Å². The molecule has 0 saturated carbocycles. The van der Waals surface area contributed by atoms with Crippen LogP contribution in [0.3, 0.4) is 0 Å². The fraction of sp³-hybridized carbons (Fsp3) is 0.562. The zero-order valence-electron chi connectivity index (χ0n) is 13.0. The largest absolute Gasteiger partial charge is 0.481 e. The van der Waals surface area contributed by atoms with Crippen LogP contribution in [0.25, 0.3) is 0 Å². The van der Waals surface area contributed by atoms with E-state index in [0.717, 1.165) is 19.6 Å². The zero-order valence-corrected chi connectivity index (χ0v) is 14.6. The Morgan fingerprint density at radius 2 is 2.00 bits per heavy atom. The molecule has 1 fully saturated rings. The summed E-state index contributed by atoms with van der Waals surface area (Å²) in [6.07, 6.45) is 0. The summed E-state index contributed by atoms with van der Waals surface area (Å²) in [5, 5.41) is 0. The molecule has 1 saturated heterocycles. The average Bonchev–Trinajstić information content (AvgIpc) is 2.46. The fourth-order valence-electron chi connectivity index (χ4n) is 2.52. The summed E-state index contributed by atoms with van der Waals surface area (Å²) in [6, 6.07) is 4.53. The van der Waals surface area contributed by atoms with Crippen molar-refractivity contribution in [1.29, 1.82) is 0 Å². The lowest BCUT2D eigenvalue weighted by Gasteiger charge is -2.35. The van der Waals surface area contributed by atoms with Crippen molar-refractivity contribution < 1.29 is 13.9 Å². The van der Waals surface area contributed by atoms with Crippen LogP contribution < -0.4 is 4.74 Å². The second-order valence-corrected chi connectivity index (χ2v) is 6.85. The first-order valence-corrected chi connectivity index (χ1v) is 8.33. The van der Waals surface area contributed by atoms with Crippen molar-refractivity contribution >= 4 is 21.8 Å². The highest BCUT2D eigenvalue weighted by Crippen LogP contribution is 2.21. The Kier molecular flexibility index (Phi) is 6.20. The fourth-order valence-corrected chi connectivity index (χ4v) is 2.85. The Hall–Kier alpha value is -1.14. The highest BCUT2D eigenvalue weighted by Gasteiger charge is 2.21. The summed E-state index contributed by atoms with van der Waals surface area (Å²) in [6.45, 7) is 8.50. The van der Waals surface area contributed by atoms with Crippen LogP contribution in [-0.4, -0.2) is 55.0 Å². The van der Waals surface area contributed by atoms with Gasteiger partial charge in [0.2, 0.25) is 0 Å². The number of nitrogens with zero attached hydrogens (tertiary/aromatic N) is 2. The molecule has 0 radical (unpaired) electrons. The maximum atomic E-state index is 13.6. The van der Waals surface area contributed by atoms with Gasteiger partial charge in [-0.05, 0) is 24.1 Å². The Morgan fingerprint density at radius 3 is 2.59 bits per heavy atom. The van der Waals surface area contributed by atoms with Crippen LogP contribution in [0.15, 0.2) is 22.7 Å². The van der Waals surface area contributed by atoms with Crippen molar-refractivity contribution in [2.24, 2.45) is 5.92 Å². The third-order valence-corrected chi connectivity index (χ3v) is 4.09. The smallest absolute Gasteiger partial charge is 0.260 e. The van der Waals surface area contributed by atoms with E-state index in [1.54, 1.807) is 11.0 Å². The molecule has 0 aliphatic carbocycles. The third kappa shape index (κ3) is 4.95. The first-order valence-electron chi connectivity index (χ1n) is 7.53. The Morgan fingerprint density at radius 1 is 1.32 bits per heavy atom. The number of rotatable bonds is 5. The zero-order chi connectivity index (χ0) is 16.1. The minimum Gasteiger partial charge on any atom is -0.481 e. The second-order valence-electron chi connectivity index (χ2n) is 5.94. The first-order chi connectivity index (χ1) is 10.5. The van der Waals surface area contributed by atoms with Crippen LogP contribution >= 0.6 is 15.9 Å². The van der Waals surface area contributed by atoms with Crippen molar-refractivity contribution in [3.05, 3.63) is 28.5 Å². The van der Waals surface area contributed by atoms with Gasteiger partial charge in [0, 0.05) is 37.2 Å². The summed E-state index contributed by atoms with van der Waals surface area (Å²) < 4.78 is 19.6. The van der Waals surface area contributed by atoms with E-state index in [-0.39, 0.29) is 18.3 Å². The molecule has 1 aliphatic heterocycles. The molecule has 122 valence electrons. The van der Waals surface area contributed by atoms with E-state index >= 15 is 0 Å². The molecule has 4 nitrogen and oxygen atoms in total. The molecule has 6 heteroatoms. The van der Waals surface area contributed by atoms with Crippen LogP contribution in [0.5, 0.6) is 5.75 Å². The maximum Gasteiger partial charge on any atom is 0.260 e. The number of halogens is 2. The van der Waals surface area contributed by atoms with Crippen LogP contribution in [0.1, 0.15) is 13.8 Å². The van der Waals surface area contributed by atoms with Gasteiger partial charge in [-0.15, -0.1) is 0 Å². The SMILES string of the molecule is CC(C)CN1CCN(C(=O)COc2ccc(Br)cc2F)CC1. The van der Waals surface area contributed by atoms with E-state index < -0.39 is 5.82 Å². The minimum atomic E-state index is -0.469. The number of carbonyl (C=O) groups is 1. The van der Waals surface area contributed by atoms with Crippen molar-refractivity contribution in [3.8, 4) is 5.75 Å². The topological polar surface area (TPSA) is 32.8 Å². The van der Waals surface area contributed by atoms with Gasteiger partial charge in [0.1, 0.15) is 0 Å². The molecular formula is C16H22BrFN2O2. The number of hydrogen-bond acceptors (Lipinski definition) is 3. The number of amides is 1. The van der Waals surface area contributed by atoms with Crippen molar-refractivity contribution in [2.45, 2.75) is 13.8 Å². The molecule has 1 aromatic carbocycles. The molecule has 0 spiro atoms. The molecule has 2 rings (SSSR count). The van der Waals surface area contributed by atoms with Crippen LogP contribution in [0.4, 0.5) is 4.39 Å². The molecule has 0 atom stereocenters. The summed E-state index contributed by atoms with van der Waals surface area (Å²) in [5.74, 6) is 0.177. The van der Waals surface area contributed by atoms with E-state index in [2.05, 4.69) is 34.7 Å². The first kappa shape index (κ1) is 17.2. The number of piperazine rings is 1. The third-order valence-electron chi connectivity index (χ3n) is 3.59. The molecule has 1 aliphatic rings. The number of hydrogen-bond donors (Lipinski definition) is 0. The minimum absolute atomic E-state index is 0.0912. The molecule has 1 heterocycles. The molecule has 0 bridgehead atoms. The normalized spacial score (nSPS) is 16.1. The summed E-state index contributed by atoms with van der Waals surface area (Å²) >= 11 is 3.19.